The molecule has 1 amide bonds. The van der Waals surface area contributed by atoms with Crippen LogP contribution in [0.5, 0.6) is 0 Å². The van der Waals surface area contributed by atoms with Crippen LogP contribution in [0.1, 0.15) is 6.92 Å². The largest absolute Gasteiger partial charge is 0.480 e. The normalized spacial score (nSPS) is 11.8. The molecular weight excluding hydrogens is 265 g/mol. The molecule has 0 aliphatic heterocycles. The maximum absolute atomic E-state index is 13.2. The van der Waals surface area contributed by atoms with Crippen LogP contribution in [0.15, 0.2) is 12.1 Å². The van der Waals surface area contributed by atoms with Crippen molar-refractivity contribution in [2.24, 2.45) is 0 Å². The first-order chi connectivity index (χ1) is 8.81. The Balaban J connectivity index is 2.77. The number of carbonyl (C=O) groups is 2. The number of carboxylic acids is 1. The zero-order valence-corrected chi connectivity index (χ0v) is 9.84. The van der Waals surface area contributed by atoms with Crippen molar-refractivity contribution in [3.63, 3.8) is 0 Å². The Labute approximate surface area is 106 Å². The first-order valence-corrected chi connectivity index (χ1v) is 5.19. The second-order valence-corrected chi connectivity index (χ2v) is 3.72. The molecule has 0 bridgehead atoms. The Bertz CT molecular complexity index is 508. The highest BCUT2D eigenvalue weighted by Crippen LogP contribution is 2.18. The number of hydrogen-bond acceptors (Lipinski definition) is 3. The zero-order chi connectivity index (χ0) is 14.6. The van der Waals surface area contributed by atoms with Gasteiger partial charge in [0.1, 0.15) is 11.9 Å². The van der Waals surface area contributed by atoms with Gasteiger partial charge in [-0.3, -0.25) is 4.79 Å². The maximum Gasteiger partial charge on any atom is 0.328 e. The van der Waals surface area contributed by atoms with Gasteiger partial charge in [-0.2, -0.15) is 0 Å². The van der Waals surface area contributed by atoms with Crippen molar-refractivity contribution in [3.8, 4) is 0 Å². The minimum Gasteiger partial charge on any atom is -0.480 e. The van der Waals surface area contributed by atoms with Crippen LogP contribution in [0.4, 0.5) is 18.9 Å². The van der Waals surface area contributed by atoms with Crippen LogP contribution in [0.25, 0.3) is 0 Å². The summed E-state index contributed by atoms with van der Waals surface area (Å²) in [5, 5.41) is 13.2. The number of hydrogen-bond donors (Lipinski definition) is 3. The van der Waals surface area contributed by atoms with E-state index in [0.717, 1.165) is 6.92 Å². The third-order valence-corrected chi connectivity index (χ3v) is 2.18. The fourth-order valence-corrected chi connectivity index (χ4v) is 1.32. The number of aliphatic carboxylic acids is 1. The summed E-state index contributed by atoms with van der Waals surface area (Å²) in [6, 6.07) is -0.409. The number of rotatable bonds is 5. The van der Waals surface area contributed by atoms with Gasteiger partial charge in [-0.15, -0.1) is 0 Å². The Hall–Kier alpha value is -2.25. The lowest BCUT2D eigenvalue weighted by Gasteiger charge is -2.15. The molecule has 0 fully saturated rings. The van der Waals surface area contributed by atoms with Gasteiger partial charge < -0.3 is 15.7 Å². The van der Waals surface area contributed by atoms with Gasteiger partial charge in [-0.05, 0) is 0 Å². The highest BCUT2D eigenvalue weighted by molar-refractivity contribution is 5.82. The number of amides is 1. The molecule has 8 heteroatoms. The van der Waals surface area contributed by atoms with E-state index in [4.69, 9.17) is 5.11 Å². The highest BCUT2D eigenvalue weighted by atomic mass is 19.2. The zero-order valence-electron chi connectivity index (χ0n) is 9.84. The summed E-state index contributed by atoms with van der Waals surface area (Å²) in [7, 11) is 0. The van der Waals surface area contributed by atoms with Gasteiger partial charge in [0.05, 0.1) is 5.69 Å². The van der Waals surface area contributed by atoms with E-state index < -0.39 is 41.1 Å². The standard InChI is InChI=1S/C11H11F3N2O3/c1-5(17)16-10(11(18)19)4-15-9-3-7(13)6(12)2-8(9)14/h2-3,10,15H,4H2,1H3,(H,16,17)(H,18,19). The molecule has 1 unspecified atom stereocenters. The molecule has 104 valence electrons. The van der Waals surface area contributed by atoms with Crippen LogP contribution in [-0.2, 0) is 9.59 Å². The van der Waals surface area contributed by atoms with Gasteiger partial charge in [0.25, 0.3) is 0 Å². The van der Waals surface area contributed by atoms with Gasteiger partial charge in [-0.25, -0.2) is 18.0 Å². The van der Waals surface area contributed by atoms with Crippen LogP contribution in [0, 0.1) is 17.5 Å². The molecule has 1 aromatic rings. The SMILES string of the molecule is CC(=O)NC(CNc1cc(F)c(F)cc1F)C(=O)O. The third-order valence-electron chi connectivity index (χ3n) is 2.18. The Morgan fingerprint density at radius 2 is 1.79 bits per heavy atom. The Morgan fingerprint density at radius 1 is 1.21 bits per heavy atom. The van der Waals surface area contributed by atoms with Crippen LogP contribution in [0.2, 0.25) is 0 Å². The van der Waals surface area contributed by atoms with Crippen molar-refractivity contribution in [3.05, 3.63) is 29.6 Å². The summed E-state index contributed by atoms with van der Waals surface area (Å²) < 4.78 is 38.8. The molecule has 0 saturated heterocycles. The predicted octanol–water partition coefficient (Wildman–Crippen LogP) is 1.11. The summed E-state index contributed by atoms with van der Waals surface area (Å²) in [6.45, 7) is 0.741. The highest BCUT2D eigenvalue weighted by Gasteiger charge is 2.19. The quantitative estimate of drug-likeness (QED) is 0.704. The molecule has 3 N–H and O–H groups in total. The summed E-state index contributed by atoms with van der Waals surface area (Å²) in [4.78, 5) is 21.5. The average molecular weight is 276 g/mol. The van der Waals surface area contributed by atoms with E-state index in [0.29, 0.717) is 12.1 Å². The molecule has 1 rings (SSSR count). The second-order valence-electron chi connectivity index (χ2n) is 3.72. The summed E-state index contributed by atoms with van der Waals surface area (Å²) >= 11 is 0. The van der Waals surface area contributed by atoms with Crippen molar-refractivity contribution in [1.29, 1.82) is 0 Å². The predicted molar refractivity (Wildman–Crippen MR) is 60.0 cm³/mol. The van der Waals surface area contributed by atoms with Crippen molar-refractivity contribution >= 4 is 17.6 Å². The van der Waals surface area contributed by atoms with Gasteiger partial charge >= 0.3 is 5.97 Å². The van der Waals surface area contributed by atoms with Gasteiger partial charge in [-0.1, -0.05) is 0 Å². The Kier molecular flexibility index (Phi) is 4.74. The molecule has 0 spiro atoms. The lowest BCUT2D eigenvalue weighted by Crippen LogP contribution is -2.44. The average Bonchev–Trinajstić information content (AvgIpc) is 2.29. The van der Waals surface area contributed by atoms with Gasteiger partial charge in [0.15, 0.2) is 11.6 Å². The number of anilines is 1. The molecule has 19 heavy (non-hydrogen) atoms. The van der Waals surface area contributed by atoms with Crippen LogP contribution in [0.3, 0.4) is 0 Å². The van der Waals surface area contributed by atoms with E-state index in [9.17, 15) is 22.8 Å². The van der Waals surface area contributed by atoms with E-state index in [-0.39, 0.29) is 6.54 Å². The van der Waals surface area contributed by atoms with Crippen LogP contribution >= 0.6 is 0 Å². The molecule has 0 radical (unpaired) electrons. The molecule has 1 aromatic carbocycles. The summed E-state index contributed by atoms with van der Waals surface area (Å²) in [6.07, 6.45) is 0. The van der Waals surface area contributed by atoms with E-state index in [1.807, 2.05) is 0 Å². The Morgan fingerprint density at radius 3 is 2.32 bits per heavy atom. The minimum atomic E-state index is -1.35. The molecule has 0 saturated carbocycles. The molecule has 0 aliphatic carbocycles. The van der Waals surface area contributed by atoms with Crippen LogP contribution < -0.4 is 10.6 Å². The maximum atomic E-state index is 13.2. The first kappa shape index (κ1) is 14.8. The topological polar surface area (TPSA) is 78.4 Å². The summed E-state index contributed by atoms with van der Waals surface area (Å²) in [5.74, 6) is -5.61. The van der Waals surface area contributed by atoms with E-state index >= 15 is 0 Å². The van der Waals surface area contributed by atoms with E-state index in [1.165, 1.54) is 0 Å². The van der Waals surface area contributed by atoms with Crippen molar-refractivity contribution in [2.45, 2.75) is 13.0 Å². The molecule has 1 atom stereocenters. The molecule has 0 aromatic heterocycles. The fraction of sp³-hybridized carbons (Fsp3) is 0.273. The van der Waals surface area contributed by atoms with Crippen molar-refractivity contribution in [1.82, 2.24) is 5.32 Å². The van der Waals surface area contributed by atoms with E-state index in [1.54, 1.807) is 0 Å². The smallest absolute Gasteiger partial charge is 0.328 e. The monoisotopic (exact) mass is 276 g/mol. The minimum absolute atomic E-state index is 0.339. The molecular formula is C11H11F3N2O3. The third kappa shape index (κ3) is 4.16. The number of benzene rings is 1. The van der Waals surface area contributed by atoms with E-state index in [2.05, 4.69) is 10.6 Å². The molecule has 0 heterocycles. The lowest BCUT2D eigenvalue weighted by atomic mass is 10.2. The lowest BCUT2D eigenvalue weighted by molar-refractivity contribution is -0.141. The number of nitrogens with one attached hydrogen (secondary N) is 2. The van der Waals surface area contributed by atoms with Crippen molar-refractivity contribution < 1.29 is 27.9 Å². The fourth-order valence-electron chi connectivity index (χ4n) is 1.32. The second kappa shape index (κ2) is 6.07. The number of carbonyl (C=O) groups excluding carboxylic acids is 1. The molecule has 0 aliphatic rings. The molecule has 5 nitrogen and oxygen atoms in total. The van der Waals surface area contributed by atoms with Gasteiger partial charge in [0, 0.05) is 25.6 Å². The number of halogens is 3. The van der Waals surface area contributed by atoms with Gasteiger partial charge in [0.2, 0.25) is 5.91 Å². The first-order valence-electron chi connectivity index (χ1n) is 5.19. The summed E-state index contributed by atoms with van der Waals surface area (Å²) in [5.41, 5.74) is -0.393. The van der Waals surface area contributed by atoms with Crippen molar-refractivity contribution in [2.75, 3.05) is 11.9 Å². The number of carboxylic acid groups (broad SMARTS) is 1. The van der Waals surface area contributed by atoms with Crippen LogP contribution in [-0.4, -0.2) is 29.6 Å².